The molecule has 1 heterocycles. The van der Waals surface area contributed by atoms with Crippen molar-refractivity contribution in [2.45, 2.75) is 59.5 Å². The molecule has 2 N–H and O–H groups in total. The van der Waals surface area contributed by atoms with Crippen LogP contribution in [0.2, 0.25) is 0 Å². The quantitative estimate of drug-likeness (QED) is 0.791. The lowest BCUT2D eigenvalue weighted by molar-refractivity contribution is 0.0165. The van der Waals surface area contributed by atoms with Gasteiger partial charge in [-0.25, -0.2) is 4.79 Å². The van der Waals surface area contributed by atoms with E-state index in [2.05, 4.69) is 19.2 Å². The van der Waals surface area contributed by atoms with E-state index in [1.165, 1.54) is 0 Å². The van der Waals surface area contributed by atoms with Gasteiger partial charge in [-0.15, -0.1) is 0 Å². The fourth-order valence-electron chi connectivity index (χ4n) is 2.73. The molecule has 1 unspecified atom stereocenters. The molecular formula is C17H34N2O3. The summed E-state index contributed by atoms with van der Waals surface area (Å²) < 4.78 is 5.45. The summed E-state index contributed by atoms with van der Waals surface area (Å²) in [7, 11) is 0. The topological polar surface area (TPSA) is 61.8 Å². The Morgan fingerprint density at radius 1 is 1.32 bits per heavy atom. The van der Waals surface area contributed by atoms with Crippen LogP contribution < -0.4 is 5.32 Å². The van der Waals surface area contributed by atoms with E-state index >= 15 is 0 Å². The number of hydrogen-bond donors (Lipinski definition) is 2. The number of piperidine rings is 1. The number of nitrogens with one attached hydrogen (secondary N) is 1. The van der Waals surface area contributed by atoms with Crippen LogP contribution in [0.4, 0.5) is 4.79 Å². The van der Waals surface area contributed by atoms with Gasteiger partial charge in [-0.3, -0.25) is 0 Å². The lowest BCUT2D eigenvalue weighted by Gasteiger charge is -2.35. The summed E-state index contributed by atoms with van der Waals surface area (Å²) in [4.78, 5) is 14.0. The Labute approximate surface area is 135 Å². The predicted octanol–water partition coefficient (Wildman–Crippen LogP) is 2.63. The van der Waals surface area contributed by atoms with Gasteiger partial charge >= 0.3 is 6.09 Å². The van der Waals surface area contributed by atoms with Crippen molar-refractivity contribution < 1.29 is 14.6 Å². The number of aliphatic hydroxyl groups is 1. The number of carbonyl (C=O) groups excluding carboxylic acids is 1. The highest BCUT2D eigenvalue weighted by Crippen LogP contribution is 2.21. The highest BCUT2D eigenvalue weighted by molar-refractivity contribution is 5.68. The second-order valence-corrected chi connectivity index (χ2v) is 8.20. The number of nitrogens with zero attached hydrogens (tertiary/aromatic N) is 1. The number of hydrogen-bond acceptors (Lipinski definition) is 4. The summed E-state index contributed by atoms with van der Waals surface area (Å²) in [6, 6.07) is 0. The summed E-state index contributed by atoms with van der Waals surface area (Å²) in [6.07, 6.45) is 2.78. The fraction of sp³-hybridized carbons (Fsp3) is 0.941. The van der Waals surface area contributed by atoms with Crippen LogP contribution in [-0.2, 0) is 4.74 Å². The molecule has 1 rings (SSSR count). The van der Waals surface area contributed by atoms with Crippen molar-refractivity contribution in [2.24, 2.45) is 11.3 Å². The summed E-state index contributed by atoms with van der Waals surface area (Å²) in [6.45, 7) is 13.6. The lowest BCUT2D eigenvalue weighted by atomic mass is 9.89. The largest absolute Gasteiger partial charge is 0.444 e. The van der Waals surface area contributed by atoms with Crippen molar-refractivity contribution >= 4 is 6.09 Å². The van der Waals surface area contributed by atoms with E-state index in [9.17, 15) is 4.79 Å². The van der Waals surface area contributed by atoms with E-state index < -0.39 is 5.60 Å². The standard InChI is InChI=1S/C17H34N2O3/c1-16(2,3)22-15(21)19-9-6-7-14(12-19)11-18-13-17(4,5)8-10-20/h14,18,20H,6-13H2,1-5H3. The Kier molecular flexibility index (Phi) is 7.13. The van der Waals surface area contributed by atoms with Crippen molar-refractivity contribution in [3.8, 4) is 0 Å². The third-order valence-electron chi connectivity index (χ3n) is 4.00. The molecule has 0 bridgehead atoms. The zero-order valence-electron chi connectivity index (χ0n) is 14.9. The number of ether oxygens (including phenoxy) is 1. The molecule has 1 aliphatic heterocycles. The van der Waals surface area contributed by atoms with E-state index in [0.29, 0.717) is 5.92 Å². The van der Waals surface area contributed by atoms with Gasteiger partial charge in [0.15, 0.2) is 0 Å². The van der Waals surface area contributed by atoms with Crippen LogP contribution in [0.15, 0.2) is 0 Å². The van der Waals surface area contributed by atoms with Crippen LogP contribution in [0.1, 0.15) is 53.9 Å². The summed E-state index contributed by atoms with van der Waals surface area (Å²) >= 11 is 0. The smallest absolute Gasteiger partial charge is 0.410 e. The van der Waals surface area contributed by atoms with Crippen molar-refractivity contribution in [1.82, 2.24) is 10.2 Å². The normalized spacial score (nSPS) is 20.1. The predicted molar refractivity (Wildman–Crippen MR) is 88.9 cm³/mol. The van der Waals surface area contributed by atoms with Gasteiger partial charge in [-0.05, 0) is 57.9 Å². The minimum atomic E-state index is -0.434. The van der Waals surface area contributed by atoms with Crippen LogP contribution >= 0.6 is 0 Å². The molecular weight excluding hydrogens is 280 g/mol. The average Bonchev–Trinajstić information content (AvgIpc) is 2.36. The second kappa shape index (κ2) is 8.16. The second-order valence-electron chi connectivity index (χ2n) is 8.20. The van der Waals surface area contributed by atoms with Crippen LogP contribution in [0.25, 0.3) is 0 Å². The molecule has 5 heteroatoms. The number of rotatable bonds is 6. The van der Waals surface area contributed by atoms with Gasteiger partial charge in [0, 0.05) is 26.2 Å². The highest BCUT2D eigenvalue weighted by atomic mass is 16.6. The van der Waals surface area contributed by atoms with Crippen LogP contribution in [0.5, 0.6) is 0 Å². The third-order valence-corrected chi connectivity index (χ3v) is 4.00. The zero-order chi connectivity index (χ0) is 16.8. The molecule has 130 valence electrons. The van der Waals surface area contributed by atoms with E-state index in [0.717, 1.165) is 45.4 Å². The zero-order valence-corrected chi connectivity index (χ0v) is 14.9. The summed E-state index contributed by atoms with van der Waals surface area (Å²) in [5, 5.41) is 12.6. The molecule has 5 nitrogen and oxygen atoms in total. The van der Waals surface area contributed by atoms with Crippen molar-refractivity contribution in [3.05, 3.63) is 0 Å². The molecule has 0 aliphatic carbocycles. The van der Waals surface area contributed by atoms with Crippen molar-refractivity contribution in [1.29, 1.82) is 0 Å². The minimum absolute atomic E-state index is 0.105. The Balaban J connectivity index is 2.36. The van der Waals surface area contributed by atoms with Gasteiger partial charge in [-0.1, -0.05) is 13.8 Å². The van der Waals surface area contributed by atoms with Crippen LogP contribution in [-0.4, -0.2) is 54.5 Å². The molecule has 1 aliphatic rings. The molecule has 0 radical (unpaired) electrons. The van der Waals surface area contributed by atoms with Gasteiger partial charge < -0.3 is 20.1 Å². The molecule has 0 aromatic carbocycles. The van der Waals surface area contributed by atoms with Gasteiger partial charge in [0.2, 0.25) is 0 Å². The third kappa shape index (κ3) is 7.45. The molecule has 0 aromatic rings. The molecule has 22 heavy (non-hydrogen) atoms. The van der Waals surface area contributed by atoms with Crippen LogP contribution in [0.3, 0.4) is 0 Å². The maximum Gasteiger partial charge on any atom is 0.410 e. The molecule has 0 aromatic heterocycles. The van der Waals surface area contributed by atoms with E-state index in [1.807, 2.05) is 25.7 Å². The van der Waals surface area contributed by atoms with Crippen LogP contribution in [0, 0.1) is 11.3 Å². The van der Waals surface area contributed by atoms with Gasteiger partial charge in [0.1, 0.15) is 5.60 Å². The first-order chi connectivity index (χ1) is 10.1. The van der Waals surface area contributed by atoms with Gasteiger partial charge in [0.25, 0.3) is 0 Å². The number of carbonyl (C=O) groups is 1. The molecule has 0 spiro atoms. The minimum Gasteiger partial charge on any atom is -0.444 e. The Bertz CT molecular complexity index is 350. The Hall–Kier alpha value is -0.810. The number of likely N-dealkylation sites (tertiary alicyclic amines) is 1. The fourth-order valence-corrected chi connectivity index (χ4v) is 2.73. The van der Waals surface area contributed by atoms with Gasteiger partial charge in [0.05, 0.1) is 0 Å². The SMILES string of the molecule is CC(C)(CCO)CNCC1CCCN(C(=O)OC(C)(C)C)C1. The Morgan fingerprint density at radius 2 is 2.00 bits per heavy atom. The maximum atomic E-state index is 12.1. The number of amides is 1. The first-order valence-corrected chi connectivity index (χ1v) is 8.42. The summed E-state index contributed by atoms with van der Waals surface area (Å²) in [5.74, 6) is 0.478. The highest BCUT2D eigenvalue weighted by Gasteiger charge is 2.27. The first kappa shape index (κ1) is 19.2. The van der Waals surface area contributed by atoms with Gasteiger partial charge in [-0.2, -0.15) is 0 Å². The molecule has 0 saturated carbocycles. The first-order valence-electron chi connectivity index (χ1n) is 8.42. The van der Waals surface area contributed by atoms with E-state index in [4.69, 9.17) is 9.84 Å². The number of aliphatic hydroxyl groups excluding tert-OH is 1. The van der Waals surface area contributed by atoms with E-state index in [1.54, 1.807) is 0 Å². The monoisotopic (exact) mass is 314 g/mol. The molecule has 1 atom stereocenters. The molecule has 1 saturated heterocycles. The summed E-state index contributed by atoms with van der Waals surface area (Å²) in [5.41, 5.74) is -0.329. The van der Waals surface area contributed by atoms with Crippen molar-refractivity contribution in [2.75, 3.05) is 32.8 Å². The Morgan fingerprint density at radius 3 is 2.59 bits per heavy atom. The molecule has 1 fully saturated rings. The lowest BCUT2D eigenvalue weighted by Crippen LogP contribution is -2.45. The van der Waals surface area contributed by atoms with Crippen molar-refractivity contribution in [3.63, 3.8) is 0 Å². The van der Waals surface area contributed by atoms with E-state index in [-0.39, 0.29) is 18.1 Å². The maximum absolute atomic E-state index is 12.1. The average molecular weight is 314 g/mol. The molecule has 1 amide bonds.